The van der Waals surface area contributed by atoms with E-state index in [1.165, 1.54) is 0 Å². The second-order valence-corrected chi connectivity index (χ2v) is 4.73. The van der Waals surface area contributed by atoms with Gasteiger partial charge in [-0.1, -0.05) is 0 Å². The van der Waals surface area contributed by atoms with Crippen molar-refractivity contribution >= 4 is 17.3 Å². The molecule has 0 saturated carbocycles. The standard InChI is InChI=1S/C14H16N4O2/c1-10-16-4-5-17(10)6-7-18-12-3-2-11(15)8-13(12)20-9-14(18)19/h2-5,8H,6-7,9,15H2,1H3. The number of anilines is 2. The van der Waals surface area contributed by atoms with E-state index in [1.807, 2.05) is 23.8 Å². The Morgan fingerprint density at radius 1 is 1.40 bits per heavy atom. The summed E-state index contributed by atoms with van der Waals surface area (Å²) in [6, 6.07) is 5.34. The maximum Gasteiger partial charge on any atom is 0.265 e. The van der Waals surface area contributed by atoms with Crippen LogP contribution in [-0.2, 0) is 11.3 Å². The van der Waals surface area contributed by atoms with Crippen molar-refractivity contribution in [1.82, 2.24) is 9.55 Å². The molecule has 1 aliphatic rings. The Hall–Kier alpha value is -2.50. The molecule has 2 N–H and O–H groups in total. The molecule has 0 atom stereocenters. The molecular weight excluding hydrogens is 256 g/mol. The number of amides is 1. The van der Waals surface area contributed by atoms with Gasteiger partial charge in [0.05, 0.1) is 5.69 Å². The highest BCUT2D eigenvalue weighted by Crippen LogP contribution is 2.33. The number of aromatic nitrogens is 2. The number of benzene rings is 1. The second-order valence-electron chi connectivity index (χ2n) is 4.73. The first-order valence-electron chi connectivity index (χ1n) is 6.45. The van der Waals surface area contributed by atoms with Crippen LogP contribution in [0.15, 0.2) is 30.6 Å². The average molecular weight is 272 g/mol. The Morgan fingerprint density at radius 2 is 2.25 bits per heavy atom. The molecule has 20 heavy (non-hydrogen) atoms. The topological polar surface area (TPSA) is 73.4 Å². The van der Waals surface area contributed by atoms with Crippen LogP contribution in [0.1, 0.15) is 5.82 Å². The fourth-order valence-corrected chi connectivity index (χ4v) is 2.31. The highest BCUT2D eigenvalue weighted by Gasteiger charge is 2.25. The molecule has 1 aliphatic heterocycles. The summed E-state index contributed by atoms with van der Waals surface area (Å²) in [5, 5.41) is 0. The molecule has 1 amide bonds. The SMILES string of the molecule is Cc1nccn1CCN1C(=O)COc2cc(N)ccc21. The fraction of sp³-hybridized carbons (Fsp3) is 0.286. The molecule has 0 radical (unpaired) electrons. The molecule has 0 aliphatic carbocycles. The number of imidazole rings is 1. The third-order valence-electron chi connectivity index (χ3n) is 3.42. The quantitative estimate of drug-likeness (QED) is 0.852. The van der Waals surface area contributed by atoms with Crippen LogP contribution in [0, 0.1) is 6.92 Å². The number of carbonyl (C=O) groups excluding carboxylic acids is 1. The molecule has 6 heteroatoms. The van der Waals surface area contributed by atoms with Gasteiger partial charge in [-0.2, -0.15) is 0 Å². The Labute approximate surface area is 116 Å². The van der Waals surface area contributed by atoms with Crippen molar-refractivity contribution < 1.29 is 9.53 Å². The molecule has 0 bridgehead atoms. The molecule has 0 saturated heterocycles. The van der Waals surface area contributed by atoms with Crippen molar-refractivity contribution in [3.63, 3.8) is 0 Å². The van der Waals surface area contributed by atoms with Gasteiger partial charge in [0.1, 0.15) is 11.6 Å². The van der Waals surface area contributed by atoms with Crippen LogP contribution in [0.4, 0.5) is 11.4 Å². The summed E-state index contributed by atoms with van der Waals surface area (Å²) in [6.45, 7) is 3.27. The van der Waals surface area contributed by atoms with Gasteiger partial charge in [-0.3, -0.25) is 4.79 Å². The first kappa shape index (κ1) is 12.5. The van der Waals surface area contributed by atoms with Gasteiger partial charge in [-0.15, -0.1) is 0 Å². The van der Waals surface area contributed by atoms with E-state index in [1.54, 1.807) is 23.2 Å². The monoisotopic (exact) mass is 272 g/mol. The third-order valence-corrected chi connectivity index (χ3v) is 3.42. The van der Waals surface area contributed by atoms with Crippen LogP contribution in [0.3, 0.4) is 0 Å². The Balaban J connectivity index is 1.82. The summed E-state index contributed by atoms with van der Waals surface area (Å²) >= 11 is 0. The number of nitrogens with zero attached hydrogens (tertiary/aromatic N) is 3. The van der Waals surface area contributed by atoms with E-state index >= 15 is 0 Å². The van der Waals surface area contributed by atoms with Gasteiger partial charge in [-0.05, 0) is 19.1 Å². The molecule has 0 unspecified atom stereocenters. The zero-order chi connectivity index (χ0) is 14.1. The largest absolute Gasteiger partial charge is 0.481 e. The number of aryl methyl sites for hydroxylation is 1. The van der Waals surface area contributed by atoms with Gasteiger partial charge < -0.3 is 19.9 Å². The molecule has 2 heterocycles. The molecule has 3 rings (SSSR count). The summed E-state index contributed by atoms with van der Waals surface area (Å²) in [5.41, 5.74) is 7.14. The molecule has 1 aromatic heterocycles. The van der Waals surface area contributed by atoms with Crippen LogP contribution in [0.5, 0.6) is 5.75 Å². The van der Waals surface area contributed by atoms with Crippen molar-refractivity contribution in [2.45, 2.75) is 13.5 Å². The van der Waals surface area contributed by atoms with Gasteiger partial charge in [-0.25, -0.2) is 4.98 Å². The second kappa shape index (κ2) is 4.88. The van der Waals surface area contributed by atoms with E-state index in [9.17, 15) is 4.79 Å². The van der Waals surface area contributed by atoms with E-state index in [0.29, 0.717) is 24.5 Å². The van der Waals surface area contributed by atoms with Crippen molar-refractivity contribution in [3.8, 4) is 5.75 Å². The van der Waals surface area contributed by atoms with Gasteiger partial charge in [0.15, 0.2) is 6.61 Å². The van der Waals surface area contributed by atoms with Gasteiger partial charge in [0, 0.05) is 37.2 Å². The van der Waals surface area contributed by atoms with Gasteiger partial charge in [0.25, 0.3) is 5.91 Å². The first-order valence-corrected chi connectivity index (χ1v) is 6.45. The van der Waals surface area contributed by atoms with Crippen LogP contribution < -0.4 is 15.4 Å². The van der Waals surface area contributed by atoms with E-state index < -0.39 is 0 Å². The average Bonchev–Trinajstić information content (AvgIpc) is 2.83. The predicted octanol–water partition coefficient (Wildman–Crippen LogP) is 1.20. The van der Waals surface area contributed by atoms with E-state index in [4.69, 9.17) is 10.5 Å². The minimum Gasteiger partial charge on any atom is -0.481 e. The molecule has 104 valence electrons. The first-order chi connectivity index (χ1) is 9.65. The molecule has 1 aromatic carbocycles. The molecule has 0 fully saturated rings. The smallest absolute Gasteiger partial charge is 0.265 e. The number of nitrogen functional groups attached to an aromatic ring is 1. The lowest BCUT2D eigenvalue weighted by molar-refractivity contribution is -0.121. The number of hydrogen-bond donors (Lipinski definition) is 1. The van der Waals surface area contributed by atoms with Crippen molar-refractivity contribution in [3.05, 3.63) is 36.4 Å². The van der Waals surface area contributed by atoms with Crippen LogP contribution >= 0.6 is 0 Å². The number of carbonyl (C=O) groups is 1. The number of rotatable bonds is 3. The Morgan fingerprint density at radius 3 is 3.00 bits per heavy atom. The van der Waals surface area contributed by atoms with Crippen LogP contribution in [0.2, 0.25) is 0 Å². The van der Waals surface area contributed by atoms with E-state index in [0.717, 1.165) is 11.5 Å². The maximum absolute atomic E-state index is 12.0. The van der Waals surface area contributed by atoms with Crippen molar-refractivity contribution in [2.24, 2.45) is 0 Å². The van der Waals surface area contributed by atoms with Crippen molar-refractivity contribution in [1.29, 1.82) is 0 Å². The van der Waals surface area contributed by atoms with Crippen LogP contribution in [0.25, 0.3) is 0 Å². The molecule has 0 spiro atoms. The summed E-state index contributed by atoms with van der Waals surface area (Å²) in [6.07, 6.45) is 3.66. The maximum atomic E-state index is 12.0. The lowest BCUT2D eigenvalue weighted by Crippen LogP contribution is -2.40. The van der Waals surface area contributed by atoms with E-state index in [2.05, 4.69) is 4.98 Å². The van der Waals surface area contributed by atoms with Gasteiger partial charge >= 0.3 is 0 Å². The summed E-state index contributed by atoms with van der Waals surface area (Å²) in [7, 11) is 0. The highest BCUT2D eigenvalue weighted by atomic mass is 16.5. The summed E-state index contributed by atoms with van der Waals surface area (Å²) < 4.78 is 7.43. The van der Waals surface area contributed by atoms with Gasteiger partial charge in [0.2, 0.25) is 0 Å². The highest BCUT2D eigenvalue weighted by molar-refractivity contribution is 5.98. The summed E-state index contributed by atoms with van der Waals surface area (Å²) in [5.74, 6) is 1.55. The Kier molecular flexibility index (Phi) is 3.06. The summed E-state index contributed by atoms with van der Waals surface area (Å²) in [4.78, 5) is 17.9. The molecule has 2 aromatic rings. The van der Waals surface area contributed by atoms with Crippen LogP contribution in [-0.4, -0.2) is 28.6 Å². The van der Waals surface area contributed by atoms with E-state index in [-0.39, 0.29) is 12.5 Å². The number of fused-ring (bicyclic) bond motifs is 1. The zero-order valence-corrected chi connectivity index (χ0v) is 11.2. The zero-order valence-electron chi connectivity index (χ0n) is 11.2. The lowest BCUT2D eigenvalue weighted by Gasteiger charge is -2.29. The molecular formula is C14H16N4O2. The Bertz CT molecular complexity index is 650. The number of nitrogens with two attached hydrogens (primary N) is 1. The molecule has 6 nitrogen and oxygen atoms in total. The fourth-order valence-electron chi connectivity index (χ4n) is 2.31. The number of ether oxygens (including phenoxy) is 1. The lowest BCUT2D eigenvalue weighted by atomic mass is 10.2. The minimum atomic E-state index is -0.0416. The predicted molar refractivity (Wildman–Crippen MR) is 75.7 cm³/mol. The normalized spacial score (nSPS) is 14.1. The number of hydrogen-bond acceptors (Lipinski definition) is 4. The minimum absolute atomic E-state index is 0.0416. The third kappa shape index (κ3) is 2.20. The van der Waals surface area contributed by atoms with Crippen molar-refractivity contribution in [2.75, 3.05) is 23.8 Å².